The number of carbonyl (C=O) groups is 1. The number of para-hydroxylation sites is 1. The molecule has 31 heavy (non-hydrogen) atoms. The molecule has 0 radical (unpaired) electrons. The molecule has 1 N–H and O–H groups in total. The number of benzene rings is 1. The first kappa shape index (κ1) is 20.8. The van der Waals surface area contributed by atoms with Crippen LogP contribution in [0.2, 0.25) is 0 Å². The van der Waals surface area contributed by atoms with E-state index in [1.165, 1.54) is 20.4 Å². The van der Waals surface area contributed by atoms with E-state index in [1.54, 1.807) is 18.3 Å². The number of ether oxygens (including phenoxy) is 1. The maximum absolute atomic E-state index is 12.3. The van der Waals surface area contributed by atoms with E-state index in [0.29, 0.717) is 31.8 Å². The van der Waals surface area contributed by atoms with E-state index in [4.69, 9.17) is 4.74 Å². The van der Waals surface area contributed by atoms with Crippen LogP contribution < -0.4 is 15.7 Å². The predicted octanol–water partition coefficient (Wildman–Crippen LogP) is 2.77. The Hall–Kier alpha value is -3.46. The van der Waals surface area contributed by atoms with Crippen molar-refractivity contribution < 1.29 is 9.53 Å². The number of aromatic nitrogens is 4. The van der Waals surface area contributed by atoms with Crippen molar-refractivity contribution >= 4 is 22.9 Å². The van der Waals surface area contributed by atoms with Gasteiger partial charge in [0.05, 0.1) is 24.3 Å². The fraction of sp³-hybridized carbons (Fsp3) is 0.273. The molecule has 8 nitrogen and oxygen atoms in total. The molecule has 0 saturated heterocycles. The molecule has 9 heteroatoms. The van der Waals surface area contributed by atoms with Crippen LogP contribution in [0.1, 0.15) is 19.0 Å². The van der Waals surface area contributed by atoms with Crippen molar-refractivity contribution in [2.45, 2.75) is 26.3 Å². The van der Waals surface area contributed by atoms with Crippen molar-refractivity contribution in [3.05, 3.63) is 70.2 Å². The molecule has 4 rings (SSSR count). The second-order valence-electron chi connectivity index (χ2n) is 6.89. The summed E-state index contributed by atoms with van der Waals surface area (Å²) in [5.74, 6) is 0.690. The number of hydrogen-bond acceptors (Lipinski definition) is 6. The minimum Gasteiger partial charge on any atom is -0.493 e. The van der Waals surface area contributed by atoms with Crippen LogP contribution in [0.15, 0.2) is 58.8 Å². The number of thiazole rings is 1. The Balaban J connectivity index is 1.29. The predicted molar refractivity (Wildman–Crippen MR) is 120 cm³/mol. The van der Waals surface area contributed by atoms with Crippen molar-refractivity contribution in [1.82, 2.24) is 24.5 Å². The van der Waals surface area contributed by atoms with Crippen LogP contribution >= 0.6 is 11.3 Å². The number of fused-ring (bicyclic) bond motifs is 1. The molecule has 1 amide bonds. The Morgan fingerprint density at radius 3 is 2.87 bits per heavy atom. The summed E-state index contributed by atoms with van der Waals surface area (Å²) in [4.78, 5) is 29.1. The zero-order valence-electron chi connectivity index (χ0n) is 17.2. The van der Waals surface area contributed by atoms with Gasteiger partial charge in [0.25, 0.3) is 0 Å². The number of rotatable bonds is 9. The molecule has 0 spiro atoms. The highest BCUT2D eigenvalue weighted by molar-refractivity contribution is 7.13. The largest absolute Gasteiger partial charge is 0.493 e. The normalized spacial score (nSPS) is 11.0. The average Bonchev–Trinajstić information content (AvgIpc) is 3.37. The zero-order chi connectivity index (χ0) is 21.6. The third-order valence-corrected chi connectivity index (χ3v) is 5.59. The maximum atomic E-state index is 12.3. The summed E-state index contributed by atoms with van der Waals surface area (Å²) >= 11 is 1.49. The van der Waals surface area contributed by atoms with Crippen molar-refractivity contribution in [2.75, 3.05) is 13.2 Å². The molecule has 0 unspecified atom stereocenters. The second kappa shape index (κ2) is 9.57. The molecular formula is C22H23N5O3S. The first-order valence-corrected chi connectivity index (χ1v) is 11.0. The quantitative estimate of drug-likeness (QED) is 0.407. The summed E-state index contributed by atoms with van der Waals surface area (Å²) in [6, 6.07) is 13.2. The van der Waals surface area contributed by atoms with E-state index in [1.807, 2.05) is 42.6 Å². The van der Waals surface area contributed by atoms with Crippen LogP contribution in [0, 0.1) is 0 Å². The molecule has 0 bridgehead atoms. The first-order chi connectivity index (χ1) is 15.2. The lowest BCUT2D eigenvalue weighted by Crippen LogP contribution is -2.28. The summed E-state index contributed by atoms with van der Waals surface area (Å²) in [7, 11) is 0. The summed E-state index contributed by atoms with van der Waals surface area (Å²) in [6.07, 6.45) is 2.51. The van der Waals surface area contributed by atoms with Gasteiger partial charge in [-0.1, -0.05) is 18.2 Å². The fourth-order valence-electron chi connectivity index (χ4n) is 3.23. The number of hydrogen-bond donors (Lipinski definition) is 1. The Bertz CT molecular complexity index is 1240. The average molecular weight is 438 g/mol. The standard InChI is InChI=1S/C22H23N5O3S/c1-2-30-18-9-4-3-8-17(18)21-24-16(15-31-21)14-20(28)23-11-7-13-27-22(29)26-12-6-5-10-19(26)25-27/h3-6,8-10,12,15H,2,7,11,13-14H2,1H3,(H,23,28). The molecule has 0 aliphatic rings. The van der Waals surface area contributed by atoms with E-state index in [2.05, 4.69) is 15.4 Å². The van der Waals surface area contributed by atoms with E-state index in [-0.39, 0.29) is 18.0 Å². The Morgan fingerprint density at radius 1 is 1.19 bits per heavy atom. The summed E-state index contributed by atoms with van der Waals surface area (Å²) in [5.41, 5.74) is 2.09. The highest BCUT2D eigenvalue weighted by atomic mass is 32.1. The number of amides is 1. The van der Waals surface area contributed by atoms with E-state index in [9.17, 15) is 9.59 Å². The highest BCUT2D eigenvalue weighted by Crippen LogP contribution is 2.32. The molecule has 0 saturated carbocycles. The molecule has 0 aliphatic heterocycles. The highest BCUT2D eigenvalue weighted by Gasteiger charge is 2.12. The van der Waals surface area contributed by atoms with Crippen LogP contribution in [-0.2, 0) is 17.8 Å². The Kier molecular flexibility index (Phi) is 6.42. The lowest BCUT2D eigenvalue weighted by atomic mass is 10.2. The van der Waals surface area contributed by atoms with Gasteiger partial charge < -0.3 is 10.1 Å². The zero-order valence-corrected chi connectivity index (χ0v) is 18.0. The summed E-state index contributed by atoms with van der Waals surface area (Å²) in [5, 5.41) is 9.90. The molecule has 1 aromatic carbocycles. The number of nitrogens with one attached hydrogen (secondary N) is 1. The number of carbonyl (C=O) groups excluding carboxylic acids is 1. The van der Waals surface area contributed by atoms with Crippen LogP contribution in [0.3, 0.4) is 0 Å². The van der Waals surface area contributed by atoms with Gasteiger partial charge in [-0.2, -0.15) is 0 Å². The van der Waals surface area contributed by atoms with Crippen LogP contribution in [0.25, 0.3) is 16.2 Å². The van der Waals surface area contributed by atoms with Crippen LogP contribution in [0.5, 0.6) is 5.75 Å². The molecular weight excluding hydrogens is 414 g/mol. The molecule has 3 heterocycles. The van der Waals surface area contributed by atoms with E-state index in [0.717, 1.165) is 22.0 Å². The molecule has 0 fully saturated rings. The van der Waals surface area contributed by atoms with Gasteiger partial charge >= 0.3 is 5.69 Å². The topological polar surface area (TPSA) is 90.5 Å². The van der Waals surface area contributed by atoms with Crippen LogP contribution in [-0.4, -0.2) is 38.2 Å². The summed E-state index contributed by atoms with van der Waals surface area (Å²) in [6.45, 7) is 3.43. The van der Waals surface area contributed by atoms with Gasteiger partial charge in [-0.3, -0.25) is 9.20 Å². The summed E-state index contributed by atoms with van der Waals surface area (Å²) < 4.78 is 8.59. The number of nitrogens with zero attached hydrogens (tertiary/aromatic N) is 4. The van der Waals surface area contributed by atoms with Crippen molar-refractivity contribution in [1.29, 1.82) is 0 Å². The molecule has 160 valence electrons. The Labute approximate surface area is 183 Å². The number of pyridine rings is 1. The van der Waals surface area contributed by atoms with E-state index < -0.39 is 0 Å². The monoisotopic (exact) mass is 437 g/mol. The van der Waals surface area contributed by atoms with Crippen molar-refractivity contribution in [3.8, 4) is 16.3 Å². The van der Waals surface area contributed by atoms with Gasteiger partial charge in [0.1, 0.15) is 10.8 Å². The number of aryl methyl sites for hydroxylation is 1. The lowest BCUT2D eigenvalue weighted by molar-refractivity contribution is -0.120. The SMILES string of the molecule is CCOc1ccccc1-c1nc(CC(=O)NCCCn2nc3ccccn3c2=O)cs1. The van der Waals surface area contributed by atoms with Gasteiger partial charge in [-0.05, 0) is 37.6 Å². The minimum absolute atomic E-state index is 0.0997. The van der Waals surface area contributed by atoms with Crippen LogP contribution in [0.4, 0.5) is 0 Å². The van der Waals surface area contributed by atoms with Gasteiger partial charge in [0.2, 0.25) is 5.91 Å². The van der Waals surface area contributed by atoms with Crippen molar-refractivity contribution in [2.24, 2.45) is 0 Å². The molecule has 4 aromatic rings. The maximum Gasteiger partial charge on any atom is 0.350 e. The van der Waals surface area contributed by atoms with Gasteiger partial charge in [0.15, 0.2) is 5.65 Å². The fourth-order valence-corrected chi connectivity index (χ4v) is 4.08. The molecule has 0 atom stereocenters. The Morgan fingerprint density at radius 2 is 2.03 bits per heavy atom. The molecule has 3 aromatic heterocycles. The third kappa shape index (κ3) is 4.83. The second-order valence-corrected chi connectivity index (χ2v) is 7.75. The van der Waals surface area contributed by atoms with E-state index >= 15 is 0 Å². The third-order valence-electron chi connectivity index (χ3n) is 4.67. The van der Waals surface area contributed by atoms with Gasteiger partial charge in [-0.15, -0.1) is 16.4 Å². The minimum atomic E-state index is -0.177. The van der Waals surface area contributed by atoms with Crippen molar-refractivity contribution in [3.63, 3.8) is 0 Å². The molecule has 0 aliphatic carbocycles. The lowest BCUT2D eigenvalue weighted by Gasteiger charge is -2.07. The smallest absolute Gasteiger partial charge is 0.350 e. The first-order valence-electron chi connectivity index (χ1n) is 10.1. The van der Waals surface area contributed by atoms with Gasteiger partial charge in [0, 0.05) is 24.7 Å². The van der Waals surface area contributed by atoms with Gasteiger partial charge in [-0.25, -0.2) is 14.5 Å².